The molecule has 1 saturated carbocycles. The van der Waals surface area contributed by atoms with Crippen molar-refractivity contribution < 1.29 is 18.6 Å². The van der Waals surface area contributed by atoms with E-state index in [0.717, 1.165) is 19.3 Å². The molecule has 0 aromatic heterocycles. The van der Waals surface area contributed by atoms with Crippen LogP contribution in [0.5, 0.6) is 0 Å². The topological polar surface area (TPSA) is 36.9 Å². The second-order valence-corrected chi connectivity index (χ2v) is 7.32. The molecule has 4 atom stereocenters. The maximum atomic E-state index is 6.03. The Labute approximate surface area is 147 Å². The molecule has 0 amide bonds. The first kappa shape index (κ1) is 18.2. The maximum Gasteiger partial charge on any atom is 0.460 e. The molecule has 2 heterocycles. The Morgan fingerprint density at radius 1 is 0.708 bits per heavy atom. The Bertz CT molecular complexity index is 384. The van der Waals surface area contributed by atoms with Gasteiger partial charge in [0.1, 0.15) is 0 Å². The normalized spacial score (nSPS) is 35.8. The van der Waals surface area contributed by atoms with Gasteiger partial charge in [0.15, 0.2) is 0 Å². The zero-order valence-electron chi connectivity index (χ0n) is 14.7. The SMILES string of the molecule is C=CC1COB(C2CCCCCCCC(B3OCC(C=C)O3)C2)O1. The molecule has 4 nitrogen and oxygen atoms in total. The second-order valence-electron chi connectivity index (χ2n) is 7.32. The Morgan fingerprint density at radius 3 is 1.58 bits per heavy atom. The maximum absolute atomic E-state index is 6.03. The minimum absolute atomic E-state index is 0.0352. The van der Waals surface area contributed by atoms with Gasteiger partial charge in [-0.05, 0) is 11.6 Å². The van der Waals surface area contributed by atoms with E-state index in [1.54, 1.807) is 0 Å². The predicted octanol–water partition coefficient (Wildman–Crippen LogP) is 4.04. The van der Waals surface area contributed by atoms with Crippen molar-refractivity contribution in [2.24, 2.45) is 0 Å². The Balaban J connectivity index is 1.64. The third-order valence-corrected chi connectivity index (χ3v) is 5.52. The quantitative estimate of drug-likeness (QED) is 0.575. The van der Waals surface area contributed by atoms with E-state index in [9.17, 15) is 0 Å². The summed E-state index contributed by atoms with van der Waals surface area (Å²) in [6, 6.07) is 0. The van der Waals surface area contributed by atoms with Gasteiger partial charge < -0.3 is 18.6 Å². The van der Waals surface area contributed by atoms with Crippen molar-refractivity contribution in [2.75, 3.05) is 13.2 Å². The fraction of sp³-hybridized carbons (Fsp3) is 0.778. The zero-order chi connectivity index (χ0) is 16.8. The van der Waals surface area contributed by atoms with Gasteiger partial charge in [-0.1, -0.05) is 63.5 Å². The summed E-state index contributed by atoms with van der Waals surface area (Å²) in [5, 5.41) is 0. The van der Waals surface area contributed by atoms with Crippen LogP contribution in [0.2, 0.25) is 11.6 Å². The summed E-state index contributed by atoms with van der Waals surface area (Å²) in [5.74, 6) is 0.820. The fourth-order valence-electron chi connectivity index (χ4n) is 4.08. The lowest BCUT2D eigenvalue weighted by Crippen LogP contribution is -2.30. The van der Waals surface area contributed by atoms with Gasteiger partial charge in [-0.2, -0.15) is 0 Å². The van der Waals surface area contributed by atoms with Crippen molar-refractivity contribution in [3.05, 3.63) is 25.3 Å². The van der Waals surface area contributed by atoms with Crippen molar-refractivity contribution in [3.8, 4) is 0 Å². The van der Waals surface area contributed by atoms with E-state index in [2.05, 4.69) is 13.2 Å². The van der Waals surface area contributed by atoms with Crippen molar-refractivity contribution in [1.82, 2.24) is 0 Å². The summed E-state index contributed by atoms with van der Waals surface area (Å²) >= 11 is 0. The second kappa shape index (κ2) is 9.23. The zero-order valence-corrected chi connectivity index (χ0v) is 14.7. The molecule has 3 fully saturated rings. The van der Waals surface area contributed by atoms with Crippen LogP contribution in [-0.4, -0.2) is 39.7 Å². The largest absolute Gasteiger partial charge is 0.460 e. The van der Waals surface area contributed by atoms with Crippen LogP contribution < -0.4 is 0 Å². The van der Waals surface area contributed by atoms with E-state index in [1.165, 1.54) is 32.1 Å². The van der Waals surface area contributed by atoms with E-state index in [0.29, 0.717) is 24.8 Å². The third kappa shape index (κ3) is 4.75. The molecule has 24 heavy (non-hydrogen) atoms. The van der Waals surface area contributed by atoms with Gasteiger partial charge >= 0.3 is 14.2 Å². The van der Waals surface area contributed by atoms with Crippen LogP contribution in [0.15, 0.2) is 25.3 Å². The van der Waals surface area contributed by atoms with E-state index in [4.69, 9.17) is 18.6 Å². The lowest BCUT2D eigenvalue weighted by molar-refractivity contribution is 0.276. The standard InChI is InChI=1S/C18H30B2O4/c1-3-17-13-21-19(23-17)15-10-8-6-5-7-9-11-16(12-15)20-22-14-18(4-2)24-20/h3-4,15-18H,1-2,5-14H2. The minimum atomic E-state index is -0.105. The Kier molecular flexibility index (Phi) is 7.02. The Morgan fingerprint density at radius 2 is 1.17 bits per heavy atom. The van der Waals surface area contributed by atoms with Gasteiger partial charge in [0.2, 0.25) is 0 Å². The molecule has 0 aromatic rings. The van der Waals surface area contributed by atoms with Crippen LogP contribution >= 0.6 is 0 Å². The van der Waals surface area contributed by atoms with E-state index in [1.807, 2.05) is 12.2 Å². The molecule has 1 aliphatic carbocycles. The van der Waals surface area contributed by atoms with Crippen LogP contribution in [-0.2, 0) is 18.6 Å². The molecular weight excluding hydrogens is 302 g/mol. The lowest BCUT2D eigenvalue weighted by atomic mass is 9.57. The molecule has 0 bridgehead atoms. The molecule has 3 rings (SSSR count). The molecule has 6 heteroatoms. The summed E-state index contributed by atoms with van der Waals surface area (Å²) in [7, 11) is -0.210. The monoisotopic (exact) mass is 332 g/mol. The van der Waals surface area contributed by atoms with Gasteiger partial charge in [-0.3, -0.25) is 0 Å². The first-order valence-corrected chi connectivity index (χ1v) is 9.59. The van der Waals surface area contributed by atoms with E-state index in [-0.39, 0.29) is 26.4 Å². The summed E-state index contributed by atoms with van der Waals surface area (Å²) in [4.78, 5) is 0. The molecule has 2 saturated heterocycles. The number of rotatable bonds is 4. The molecule has 0 N–H and O–H groups in total. The van der Waals surface area contributed by atoms with Gasteiger partial charge in [0.25, 0.3) is 0 Å². The summed E-state index contributed by atoms with van der Waals surface area (Å²) in [6.45, 7) is 8.91. The van der Waals surface area contributed by atoms with Crippen molar-refractivity contribution in [1.29, 1.82) is 0 Å². The lowest BCUT2D eigenvalue weighted by Gasteiger charge is -2.27. The third-order valence-electron chi connectivity index (χ3n) is 5.52. The van der Waals surface area contributed by atoms with Gasteiger partial charge in [-0.15, -0.1) is 13.2 Å². The van der Waals surface area contributed by atoms with E-state index < -0.39 is 0 Å². The average Bonchev–Trinajstić information content (AvgIpc) is 3.28. The Hall–Kier alpha value is -0.550. The summed E-state index contributed by atoms with van der Waals surface area (Å²) in [5.41, 5.74) is 0. The van der Waals surface area contributed by atoms with Crippen molar-refractivity contribution in [2.45, 2.75) is 75.2 Å². The highest BCUT2D eigenvalue weighted by atomic mass is 16.6. The first-order valence-electron chi connectivity index (χ1n) is 9.59. The highest BCUT2D eigenvalue weighted by molar-refractivity contribution is 6.49. The molecule has 4 unspecified atom stereocenters. The molecule has 0 spiro atoms. The number of hydrogen-bond donors (Lipinski definition) is 0. The van der Waals surface area contributed by atoms with Crippen LogP contribution in [0.1, 0.15) is 51.4 Å². The highest BCUT2D eigenvalue weighted by Gasteiger charge is 2.43. The minimum Gasteiger partial charge on any atom is -0.408 e. The van der Waals surface area contributed by atoms with E-state index >= 15 is 0 Å². The highest BCUT2D eigenvalue weighted by Crippen LogP contribution is 2.40. The molecule has 0 radical (unpaired) electrons. The summed E-state index contributed by atoms with van der Waals surface area (Å²) in [6.07, 6.45) is 13.6. The van der Waals surface area contributed by atoms with Gasteiger partial charge in [0.05, 0.1) is 25.4 Å². The number of hydrogen-bond acceptors (Lipinski definition) is 4. The van der Waals surface area contributed by atoms with Crippen LogP contribution in [0, 0.1) is 0 Å². The van der Waals surface area contributed by atoms with Crippen LogP contribution in [0.4, 0.5) is 0 Å². The molecule has 132 valence electrons. The van der Waals surface area contributed by atoms with Crippen molar-refractivity contribution in [3.63, 3.8) is 0 Å². The van der Waals surface area contributed by atoms with Crippen LogP contribution in [0.3, 0.4) is 0 Å². The molecule has 0 aromatic carbocycles. The van der Waals surface area contributed by atoms with Crippen molar-refractivity contribution >= 4 is 14.2 Å². The molecule has 3 aliphatic rings. The fourth-order valence-corrected chi connectivity index (χ4v) is 4.08. The molecular formula is C18H30B2O4. The molecule has 2 aliphatic heterocycles. The average molecular weight is 332 g/mol. The first-order chi connectivity index (χ1) is 11.8. The van der Waals surface area contributed by atoms with Gasteiger partial charge in [-0.25, -0.2) is 0 Å². The predicted molar refractivity (Wildman–Crippen MR) is 98.0 cm³/mol. The smallest absolute Gasteiger partial charge is 0.408 e. The van der Waals surface area contributed by atoms with Crippen LogP contribution in [0.25, 0.3) is 0 Å². The summed E-state index contributed by atoms with van der Waals surface area (Å²) < 4.78 is 23.9. The van der Waals surface area contributed by atoms with Gasteiger partial charge in [0, 0.05) is 0 Å².